The molecule has 1 atom stereocenters. The average molecular weight is 193 g/mol. The highest BCUT2D eigenvalue weighted by Gasteiger charge is 2.02. The Bertz CT molecular complexity index is 282. The first-order chi connectivity index (χ1) is 6.77. The molecule has 0 aromatic heterocycles. The maximum atomic E-state index is 10.2. The number of rotatable bonds is 5. The van der Waals surface area contributed by atoms with Gasteiger partial charge in [0, 0.05) is 0 Å². The molecule has 76 valence electrons. The van der Waals surface area contributed by atoms with Crippen molar-refractivity contribution in [2.45, 2.75) is 19.9 Å². The van der Waals surface area contributed by atoms with E-state index in [1.165, 1.54) is 0 Å². The lowest BCUT2D eigenvalue weighted by Gasteiger charge is -2.11. The first-order valence-corrected chi connectivity index (χ1v) is 4.70. The number of ether oxygens (including phenoxy) is 1. The molecule has 3 nitrogen and oxygen atoms in total. The fourth-order valence-electron chi connectivity index (χ4n) is 1.22. The lowest BCUT2D eigenvalue weighted by atomic mass is 10.1. The van der Waals surface area contributed by atoms with Gasteiger partial charge in [0.25, 0.3) is 0 Å². The third kappa shape index (κ3) is 2.76. The molecule has 0 aliphatic carbocycles. The van der Waals surface area contributed by atoms with E-state index in [9.17, 15) is 4.79 Å². The maximum Gasteiger partial charge on any atom is 0.207 e. The minimum Gasteiger partial charge on any atom is -0.494 e. The molecule has 0 fully saturated rings. The van der Waals surface area contributed by atoms with E-state index in [0.717, 1.165) is 11.3 Å². The summed E-state index contributed by atoms with van der Waals surface area (Å²) in [6.07, 6.45) is 0.709. The van der Waals surface area contributed by atoms with Gasteiger partial charge in [0.05, 0.1) is 12.6 Å². The molecule has 1 aromatic rings. The summed E-state index contributed by atoms with van der Waals surface area (Å²) in [5.41, 5.74) is 1.07. The molecule has 0 saturated heterocycles. The number of nitrogens with one attached hydrogen (secondary N) is 1. The molecule has 0 spiro atoms. The van der Waals surface area contributed by atoms with Crippen LogP contribution < -0.4 is 10.1 Å². The summed E-state index contributed by atoms with van der Waals surface area (Å²) in [5.74, 6) is 0.856. The van der Waals surface area contributed by atoms with Crippen LogP contribution in [0, 0.1) is 0 Å². The van der Waals surface area contributed by atoms with Gasteiger partial charge >= 0.3 is 0 Å². The molecular weight excluding hydrogens is 178 g/mol. The highest BCUT2D eigenvalue weighted by Crippen LogP contribution is 2.16. The van der Waals surface area contributed by atoms with Crippen molar-refractivity contribution < 1.29 is 9.53 Å². The van der Waals surface area contributed by atoms with Crippen molar-refractivity contribution in [3.8, 4) is 5.75 Å². The summed E-state index contributed by atoms with van der Waals surface area (Å²) >= 11 is 0. The SMILES string of the molecule is CCOc1ccc(C(C)NC=O)cc1. The molecule has 0 heterocycles. The summed E-state index contributed by atoms with van der Waals surface area (Å²) in [6.45, 7) is 4.55. The molecule has 1 amide bonds. The predicted molar refractivity (Wildman–Crippen MR) is 55.2 cm³/mol. The summed E-state index contributed by atoms with van der Waals surface area (Å²) in [5, 5.41) is 2.69. The highest BCUT2D eigenvalue weighted by molar-refractivity contribution is 5.47. The molecule has 0 saturated carbocycles. The van der Waals surface area contributed by atoms with Crippen LogP contribution in [0.25, 0.3) is 0 Å². The average Bonchev–Trinajstić information content (AvgIpc) is 2.20. The van der Waals surface area contributed by atoms with Gasteiger partial charge in [0.15, 0.2) is 0 Å². The van der Waals surface area contributed by atoms with Gasteiger partial charge in [0.2, 0.25) is 6.41 Å². The lowest BCUT2D eigenvalue weighted by Crippen LogP contribution is -2.15. The molecule has 0 aliphatic heterocycles. The summed E-state index contributed by atoms with van der Waals surface area (Å²) in [7, 11) is 0. The Morgan fingerprint density at radius 3 is 2.57 bits per heavy atom. The molecule has 3 heteroatoms. The van der Waals surface area contributed by atoms with Gasteiger partial charge in [-0.25, -0.2) is 0 Å². The minimum atomic E-state index is 0.0446. The van der Waals surface area contributed by atoms with Crippen LogP contribution in [0.2, 0.25) is 0 Å². The van der Waals surface area contributed by atoms with E-state index < -0.39 is 0 Å². The zero-order valence-electron chi connectivity index (χ0n) is 8.49. The Hall–Kier alpha value is -1.51. The number of carbonyl (C=O) groups is 1. The minimum absolute atomic E-state index is 0.0446. The Morgan fingerprint density at radius 1 is 1.43 bits per heavy atom. The van der Waals surface area contributed by atoms with Crippen molar-refractivity contribution in [2.24, 2.45) is 0 Å². The van der Waals surface area contributed by atoms with E-state index in [2.05, 4.69) is 5.32 Å². The molecule has 1 unspecified atom stereocenters. The first kappa shape index (κ1) is 10.6. The van der Waals surface area contributed by atoms with E-state index in [1.54, 1.807) is 0 Å². The van der Waals surface area contributed by atoms with Gasteiger partial charge in [-0.15, -0.1) is 0 Å². The van der Waals surface area contributed by atoms with Crippen molar-refractivity contribution >= 4 is 6.41 Å². The smallest absolute Gasteiger partial charge is 0.207 e. The second-order valence-electron chi connectivity index (χ2n) is 3.01. The van der Waals surface area contributed by atoms with Crippen LogP contribution >= 0.6 is 0 Å². The van der Waals surface area contributed by atoms with Crippen LogP contribution in [0.3, 0.4) is 0 Å². The van der Waals surface area contributed by atoms with Crippen molar-refractivity contribution in [1.82, 2.24) is 5.32 Å². The zero-order valence-corrected chi connectivity index (χ0v) is 8.49. The normalized spacial score (nSPS) is 11.9. The third-order valence-corrected chi connectivity index (χ3v) is 2.01. The Balaban J connectivity index is 2.67. The van der Waals surface area contributed by atoms with Crippen LogP contribution in [0.4, 0.5) is 0 Å². The van der Waals surface area contributed by atoms with Crippen molar-refractivity contribution in [3.05, 3.63) is 29.8 Å². The van der Waals surface area contributed by atoms with Gasteiger partial charge in [0.1, 0.15) is 5.75 Å². The third-order valence-electron chi connectivity index (χ3n) is 2.01. The fourth-order valence-corrected chi connectivity index (χ4v) is 1.22. The topological polar surface area (TPSA) is 38.3 Å². The molecule has 14 heavy (non-hydrogen) atoms. The molecule has 0 aliphatic rings. The van der Waals surface area contributed by atoms with Crippen molar-refractivity contribution in [1.29, 1.82) is 0 Å². The predicted octanol–water partition coefficient (Wildman–Crippen LogP) is 1.89. The van der Waals surface area contributed by atoms with Crippen molar-refractivity contribution in [2.75, 3.05) is 6.61 Å². The number of amides is 1. The molecule has 1 aromatic carbocycles. The lowest BCUT2D eigenvalue weighted by molar-refractivity contribution is -0.110. The standard InChI is InChI=1S/C11H15NO2/c1-3-14-11-6-4-10(5-7-11)9(2)12-8-13/h4-9H,3H2,1-2H3,(H,12,13). The summed E-state index contributed by atoms with van der Waals surface area (Å²) in [4.78, 5) is 10.2. The summed E-state index contributed by atoms with van der Waals surface area (Å²) in [6, 6.07) is 7.75. The van der Waals surface area contributed by atoms with Crippen LogP contribution in [0.15, 0.2) is 24.3 Å². The number of carbonyl (C=O) groups excluding carboxylic acids is 1. The second kappa shape index (κ2) is 5.27. The Kier molecular flexibility index (Phi) is 3.98. The van der Waals surface area contributed by atoms with Gasteiger partial charge in [-0.3, -0.25) is 4.79 Å². The van der Waals surface area contributed by atoms with Crippen LogP contribution in [-0.4, -0.2) is 13.0 Å². The van der Waals surface area contributed by atoms with Crippen LogP contribution in [-0.2, 0) is 4.79 Å². The zero-order chi connectivity index (χ0) is 10.4. The summed E-state index contributed by atoms with van der Waals surface area (Å²) < 4.78 is 5.31. The quantitative estimate of drug-likeness (QED) is 0.725. The molecule has 1 rings (SSSR count). The molecule has 0 radical (unpaired) electrons. The number of hydrogen-bond acceptors (Lipinski definition) is 2. The highest BCUT2D eigenvalue weighted by atomic mass is 16.5. The van der Waals surface area contributed by atoms with Gasteiger partial charge in [-0.05, 0) is 31.5 Å². The first-order valence-electron chi connectivity index (χ1n) is 4.70. The van der Waals surface area contributed by atoms with E-state index >= 15 is 0 Å². The fraction of sp³-hybridized carbons (Fsp3) is 0.364. The maximum absolute atomic E-state index is 10.2. The van der Waals surface area contributed by atoms with E-state index in [-0.39, 0.29) is 6.04 Å². The Labute approximate surface area is 84.1 Å². The van der Waals surface area contributed by atoms with Gasteiger partial charge < -0.3 is 10.1 Å². The van der Waals surface area contributed by atoms with E-state index in [0.29, 0.717) is 13.0 Å². The number of hydrogen-bond donors (Lipinski definition) is 1. The second-order valence-corrected chi connectivity index (χ2v) is 3.01. The van der Waals surface area contributed by atoms with Crippen LogP contribution in [0.1, 0.15) is 25.5 Å². The van der Waals surface area contributed by atoms with E-state index in [1.807, 2.05) is 38.1 Å². The monoisotopic (exact) mass is 193 g/mol. The van der Waals surface area contributed by atoms with Gasteiger partial charge in [-0.1, -0.05) is 12.1 Å². The van der Waals surface area contributed by atoms with E-state index in [4.69, 9.17) is 4.74 Å². The molecule has 0 bridgehead atoms. The Morgan fingerprint density at radius 2 is 2.07 bits per heavy atom. The van der Waals surface area contributed by atoms with Crippen LogP contribution in [0.5, 0.6) is 5.75 Å². The van der Waals surface area contributed by atoms with Crippen molar-refractivity contribution in [3.63, 3.8) is 0 Å². The number of benzene rings is 1. The largest absolute Gasteiger partial charge is 0.494 e. The van der Waals surface area contributed by atoms with Gasteiger partial charge in [-0.2, -0.15) is 0 Å². The molecule has 1 N–H and O–H groups in total. The molecular formula is C11H15NO2.